The third-order valence-corrected chi connectivity index (χ3v) is 7.61. The van der Waals surface area contributed by atoms with Crippen LogP contribution in [0.15, 0.2) is 64.3 Å². The van der Waals surface area contributed by atoms with Gasteiger partial charge in [-0.1, -0.05) is 61.5 Å². The standard InChI is InChI=1S/C28H28ClN3O2S/c1-16-5-6-17(2)21(11-16)31-24(34)15-35-27-20(14-30)25(18-7-9-19(29)10-8-18)26-22(32-27)12-28(3,4)13-23(26)33/h5-11,25,32H,12-13,15H2,1-4H3,(H,31,34). The average molecular weight is 506 g/mol. The number of ketones is 1. The molecule has 0 bridgehead atoms. The monoisotopic (exact) mass is 505 g/mol. The Morgan fingerprint density at radius 3 is 2.60 bits per heavy atom. The maximum Gasteiger partial charge on any atom is 0.234 e. The lowest BCUT2D eigenvalue weighted by Gasteiger charge is -2.39. The zero-order valence-electron chi connectivity index (χ0n) is 20.3. The molecule has 35 heavy (non-hydrogen) atoms. The number of nitrogens with zero attached hydrogens (tertiary/aromatic N) is 1. The van der Waals surface area contributed by atoms with Crippen LogP contribution in [0.2, 0.25) is 5.02 Å². The normalized spacial score (nSPS) is 19.1. The van der Waals surface area contributed by atoms with Gasteiger partial charge < -0.3 is 10.6 Å². The number of nitriles is 1. The van der Waals surface area contributed by atoms with Gasteiger partial charge in [0.25, 0.3) is 0 Å². The molecule has 1 aliphatic heterocycles. The van der Waals surface area contributed by atoms with Gasteiger partial charge in [0, 0.05) is 28.4 Å². The largest absolute Gasteiger partial charge is 0.352 e. The number of carbonyl (C=O) groups is 2. The van der Waals surface area contributed by atoms with Crippen molar-refractivity contribution < 1.29 is 9.59 Å². The molecule has 7 heteroatoms. The van der Waals surface area contributed by atoms with E-state index < -0.39 is 5.92 Å². The summed E-state index contributed by atoms with van der Waals surface area (Å²) in [6.07, 6.45) is 1.12. The highest BCUT2D eigenvalue weighted by Crippen LogP contribution is 2.47. The quantitative estimate of drug-likeness (QED) is 0.491. The number of amides is 1. The number of thioether (sulfide) groups is 1. The molecule has 0 radical (unpaired) electrons. The van der Waals surface area contributed by atoms with Gasteiger partial charge in [0.05, 0.1) is 28.3 Å². The SMILES string of the molecule is Cc1ccc(C)c(NC(=O)CSC2=C(C#N)C(c3ccc(Cl)cc3)C3=C(CC(C)(C)CC3=O)N2)c1. The van der Waals surface area contributed by atoms with Crippen LogP contribution in [0.3, 0.4) is 0 Å². The second kappa shape index (κ2) is 9.93. The number of dihydropyridines is 1. The van der Waals surface area contributed by atoms with Crippen molar-refractivity contribution in [1.29, 1.82) is 5.26 Å². The summed E-state index contributed by atoms with van der Waals surface area (Å²) in [6, 6.07) is 15.5. The van der Waals surface area contributed by atoms with Crippen LogP contribution in [0.4, 0.5) is 5.69 Å². The Labute approximate surface area is 215 Å². The molecule has 0 fully saturated rings. The summed E-state index contributed by atoms with van der Waals surface area (Å²) in [6.45, 7) is 8.08. The number of anilines is 1. The molecule has 0 spiro atoms. The molecule has 5 nitrogen and oxygen atoms in total. The Morgan fingerprint density at radius 2 is 1.91 bits per heavy atom. The summed E-state index contributed by atoms with van der Waals surface area (Å²) in [7, 11) is 0. The van der Waals surface area contributed by atoms with Crippen LogP contribution in [0, 0.1) is 30.6 Å². The molecular formula is C28H28ClN3O2S. The molecule has 4 rings (SSSR count). The Kier molecular flexibility index (Phi) is 7.12. The van der Waals surface area contributed by atoms with Crippen LogP contribution >= 0.6 is 23.4 Å². The van der Waals surface area contributed by atoms with E-state index in [0.717, 1.165) is 28.1 Å². The van der Waals surface area contributed by atoms with Gasteiger partial charge in [-0.25, -0.2) is 0 Å². The second-order valence-corrected chi connectivity index (χ2v) is 11.4. The van der Waals surface area contributed by atoms with E-state index >= 15 is 0 Å². The minimum Gasteiger partial charge on any atom is -0.352 e. The zero-order chi connectivity index (χ0) is 25.3. The van der Waals surface area contributed by atoms with E-state index in [-0.39, 0.29) is 22.9 Å². The van der Waals surface area contributed by atoms with Crippen molar-refractivity contribution in [3.8, 4) is 6.07 Å². The molecule has 1 heterocycles. The number of hydrogen-bond acceptors (Lipinski definition) is 5. The van der Waals surface area contributed by atoms with Crippen LogP contribution in [-0.4, -0.2) is 17.4 Å². The number of hydrogen-bond donors (Lipinski definition) is 2. The van der Waals surface area contributed by atoms with Gasteiger partial charge in [-0.15, -0.1) is 0 Å². The lowest BCUT2D eigenvalue weighted by Crippen LogP contribution is -2.37. The molecule has 1 atom stereocenters. The summed E-state index contributed by atoms with van der Waals surface area (Å²) in [5.41, 5.74) is 5.42. The van der Waals surface area contributed by atoms with Gasteiger partial charge in [-0.05, 0) is 60.6 Å². The van der Waals surface area contributed by atoms with E-state index in [4.69, 9.17) is 11.6 Å². The topological polar surface area (TPSA) is 82.0 Å². The first kappa shape index (κ1) is 25.1. The van der Waals surface area contributed by atoms with Crippen LogP contribution < -0.4 is 10.6 Å². The zero-order valence-corrected chi connectivity index (χ0v) is 21.9. The molecule has 180 valence electrons. The van der Waals surface area contributed by atoms with E-state index in [1.54, 1.807) is 12.1 Å². The summed E-state index contributed by atoms with van der Waals surface area (Å²) in [5, 5.41) is 17.7. The van der Waals surface area contributed by atoms with E-state index in [2.05, 4.69) is 30.6 Å². The lowest BCUT2D eigenvalue weighted by molar-refractivity contribution is -0.118. The summed E-state index contributed by atoms with van der Waals surface area (Å²) >= 11 is 7.40. The minimum absolute atomic E-state index is 0.0492. The van der Waals surface area contributed by atoms with Crippen LogP contribution in [0.5, 0.6) is 0 Å². The lowest BCUT2D eigenvalue weighted by atomic mass is 9.69. The highest BCUT2D eigenvalue weighted by molar-refractivity contribution is 8.03. The Hall–Kier alpha value is -3.01. The van der Waals surface area contributed by atoms with E-state index in [1.165, 1.54) is 11.8 Å². The summed E-state index contributed by atoms with van der Waals surface area (Å²) in [4.78, 5) is 26.1. The fourth-order valence-electron chi connectivity index (χ4n) is 4.67. The average Bonchev–Trinajstić information content (AvgIpc) is 2.79. The van der Waals surface area contributed by atoms with Crippen molar-refractivity contribution >= 4 is 40.7 Å². The van der Waals surface area contributed by atoms with E-state index in [0.29, 0.717) is 34.0 Å². The maximum atomic E-state index is 13.3. The molecule has 2 N–H and O–H groups in total. The van der Waals surface area contributed by atoms with E-state index in [9.17, 15) is 14.9 Å². The summed E-state index contributed by atoms with van der Waals surface area (Å²) < 4.78 is 0. The number of benzene rings is 2. The van der Waals surface area contributed by atoms with Gasteiger partial charge >= 0.3 is 0 Å². The van der Waals surface area contributed by atoms with E-state index in [1.807, 2.05) is 44.2 Å². The first-order valence-corrected chi connectivity index (χ1v) is 12.9. The Morgan fingerprint density at radius 1 is 1.20 bits per heavy atom. The first-order chi connectivity index (χ1) is 16.6. The van der Waals surface area contributed by atoms with Crippen molar-refractivity contribution in [1.82, 2.24) is 5.32 Å². The Balaban J connectivity index is 1.65. The molecular weight excluding hydrogens is 478 g/mol. The summed E-state index contributed by atoms with van der Waals surface area (Å²) in [5.74, 6) is -0.457. The van der Waals surface area contributed by atoms with Gasteiger partial charge in [-0.3, -0.25) is 9.59 Å². The minimum atomic E-state index is -0.485. The number of carbonyl (C=O) groups excluding carboxylic acids is 2. The van der Waals surface area contributed by atoms with Crippen LogP contribution in [0.1, 0.15) is 49.3 Å². The first-order valence-electron chi connectivity index (χ1n) is 11.5. The third-order valence-electron chi connectivity index (χ3n) is 6.34. The molecule has 0 saturated heterocycles. The molecule has 1 aliphatic carbocycles. The highest BCUT2D eigenvalue weighted by Gasteiger charge is 2.41. The highest BCUT2D eigenvalue weighted by atomic mass is 35.5. The van der Waals surface area contributed by atoms with Gasteiger partial charge in [0.2, 0.25) is 5.91 Å². The molecule has 2 aromatic carbocycles. The van der Waals surface area contributed by atoms with Gasteiger partial charge in [-0.2, -0.15) is 5.26 Å². The maximum absolute atomic E-state index is 13.3. The van der Waals surface area contributed by atoms with Gasteiger partial charge in [0.1, 0.15) is 0 Å². The van der Waals surface area contributed by atoms with Crippen LogP contribution in [0.25, 0.3) is 0 Å². The van der Waals surface area contributed by atoms with Crippen molar-refractivity contribution in [2.24, 2.45) is 5.41 Å². The smallest absolute Gasteiger partial charge is 0.234 e. The number of allylic oxidation sites excluding steroid dienone is 3. The Bertz CT molecular complexity index is 1300. The number of nitrogens with one attached hydrogen (secondary N) is 2. The fraction of sp³-hybridized carbons (Fsp3) is 0.321. The second-order valence-electron chi connectivity index (χ2n) is 9.95. The van der Waals surface area contributed by atoms with Crippen molar-refractivity contribution in [3.63, 3.8) is 0 Å². The number of aryl methyl sites for hydroxylation is 2. The molecule has 1 unspecified atom stereocenters. The predicted octanol–water partition coefficient (Wildman–Crippen LogP) is 6.39. The van der Waals surface area contributed by atoms with Crippen molar-refractivity contribution in [3.05, 3.63) is 86.0 Å². The molecule has 1 amide bonds. The fourth-order valence-corrected chi connectivity index (χ4v) is 5.66. The van der Waals surface area contributed by atoms with Crippen molar-refractivity contribution in [2.75, 3.05) is 11.1 Å². The van der Waals surface area contributed by atoms with Gasteiger partial charge in [0.15, 0.2) is 5.78 Å². The molecule has 2 aliphatic rings. The molecule has 0 saturated carbocycles. The molecule has 0 aromatic heterocycles. The number of Topliss-reactive ketones (excluding diaryl/α,β-unsaturated/α-hetero) is 1. The predicted molar refractivity (Wildman–Crippen MR) is 142 cm³/mol. The number of rotatable bonds is 5. The molecule has 2 aromatic rings. The third kappa shape index (κ3) is 5.47. The van der Waals surface area contributed by atoms with Crippen LogP contribution in [-0.2, 0) is 9.59 Å². The van der Waals surface area contributed by atoms with Crippen molar-refractivity contribution in [2.45, 2.75) is 46.5 Å². The number of halogens is 1.